The highest BCUT2D eigenvalue weighted by Crippen LogP contribution is 2.41. The maximum absolute atomic E-state index is 12.4. The summed E-state index contributed by atoms with van der Waals surface area (Å²) in [5.41, 5.74) is 1.19. The van der Waals surface area contributed by atoms with Gasteiger partial charge in [-0.1, -0.05) is 0 Å². The van der Waals surface area contributed by atoms with Crippen LogP contribution < -0.4 is 10.1 Å². The quantitative estimate of drug-likeness (QED) is 0.750. The van der Waals surface area contributed by atoms with Crippen LogP contribution in [0.5, 0.6) is 5.88 Å². The third-order valence-corrected chi connectivity index (χ3v) is 4.99. The van der Waals surface area contributed by atoms with E-state index in [1.165, 1.54) is 24.6 Å². The van der Waals surface area contributed by atoms with Crippen molar-refractivity contribution < 1.29 is 13.9 Å². The molecule has 7 nitrogen and oxygen atoms in total. The van der Waals surface area contributed by atoms with E-state index < -0.39 is 0 Å². The van der Waals surface area contributed by atoms with Gasteiger partial charge in [-0.2, -0.15) is 0 Å². The summed E-state index contributed by atoms with van der Waals surface area (Å²) in [6.45, 7) is 1.94. The van der Waals surface area contributed by atoms with E-state index in [1.807, 2.05) is 13.0 Å². The maximum atomic E-state index is 12.4. The molecule has 0 spiro atoms. The van der Waals surface area contributed by atoms with Crippen molar-refractivity contribution >= 4 is 22.9 Å². The molecule has 1 amide bonds. The van der Waals surface area contributed by atoms with Crippen molar-refractivity contribution in [3.05, 3.63) is 40.7 Å². The van der Waals surface area contributed by atoms with Crippen LogP contribution in [0.25, 0.3) is 10.8 Å². The molecular weight excluding hydrogens is 340 g/mol. The highest BCUT2D eigenvalue weighted by atomic mass is 32.1. The fraction of sp³-hybridized carbons (Fsp3) is 0.294. The normalized spacial score (nSPS) is 13.7. The molecule has 128 valence electrons. The number of ether oxygens (including phenoxy) is 1. The van der Waals surface area contributed by atoms with E-state index in [9.17, 15) is 4.79 Å². The molecule has 0 unspecified atom stereocenters. The molecule has 1 aliphatic rings. The number of nitrogens with zero attached hydrogens (tertiary/aromatic N) is 3. The Kier molecular flexibility index (Phi) is 3.96. The monoisotopic (exact) mass is 356 g/mol. The van der Waals surface area contributed by atoms with E-state index in [0.29, 0.717) is 29.1 Å². The zero-order valence-corrected chi connectivity index (χ0v) is 14.6. The van der Waals surface area contributed by atoms with Crippen molar-refractivity contribution in [2.24, 2.45) is 0 Å². The Labute approximate surface area is 148 Å². The van der Waals surface area contributed by atoms with Crippen molar-refractivity contribution in [2.75, 3.05) is 12.4 Å². The number of thiophene rings is 1. The van der Waals surface area contributed by atoms with Gasteiger partial charge in [0.1, 0.15) is 0 Å². The fourth-order valence-corrected chi connectivity index (χ4v) is 3.27. The van der Waals surface area contributed by atoms with Gasteiger partial charge in [-0.3, -0.25) is 4.79 Å². The van der Waals surface area contributed by atoms with Crippen molar-refractivity contribution in [3.8, 4) is 16.6 Å². The Hall–Kier alpha value is -2.74. The highest BCUT2D eigenvalue weighted by Gasteiger charge is 2.29. The highest BCUT2D eigenvalue weighted by molar-refractivity contribution is 7.15. The Bertz CT molecular complexity index is 912. The van der Waals surface area contributed by atoms with Gasteiger partial charge in [-0.05, 0) is 31.9 Å². The van der Waals surface area contributed by atoms with Crippen LogP contribution in [0.15, 0.2) is 28.8 Å². The molecule has 0 bridgehead atoms. The lowest BCUT2D eigenvalue weighted by Gasteiger charge is -2.04. The van der Waals surface area contributed by atoms with E-state index in [-0.39, 0.29) is 5.91 Å². The number of carbonyl (C=O) groups is 1. The topological polar surface area (TPSA) is 90.1 Å². The Morgan fingerprint density at radius 2 is 2.20 bits per heavy atom. The summed E-state index contributed by atoms with van der Waals surface area (Å²) in [5, 5.41) is 11.1. The van der Waals surface area contributed by atoms with Crippen LogP contribution in [-0.4, -0.2) is 28.2 Å². The average molecular weight is 356 g/mol. The van der Waals surface area contributed by atoms with Gasteiger partial charge >= 0.3 is 0 Å². The molecule has 1 saturated carbocycles. The molecule has 0 aromatic carbocycles. The molecule has 1 aliphatic carbocycles. The lowest BCUT2D eigenvalue weighted by Crippen LogP contribution is -2.12. The van der Waals surface area contributed by atoms with Gasteiger partial charge in [0.25, 0.3) is 11.8 Å². The van der Waals surface area contributed by atoms with Gasteiger partial charge in [-0.25, -0.2) is 4.98 Å². The molecule has 1 fully saturated rings. The molecule has 3 heterocycles. The summed E-state index contributed by atoms with van der Waals surface area (Å²) in [6.07, 6.45) is 3.71. The Morgan fingerprint density at radius 3 is 2.88 bits per heavy atom. The van der Waals surface area contributed by atoms with Crippen molar-refractivity contribution in [1.82, 2.24) is 15.2 Å². The number of carbonyl (C=O) groups excluding carboxylic acids is 1. The third-order valence-electron chi connectivity index (χ3n) is 3.95. The molecule has 8 heteroatoms. The van der Waals surface area contributed by atoms with E-state index in [4.69, 9.17) is 9.15 Å². The average Bonchev–Trinajstić information content (AvgIpc) is 3.25. The summed E-state index contributed by atoms with van der Waals surface area (Å²) in [4.78, 5) is 18.2. The summed E-state index contributed by atoms with van der Waals surface area (Å²) in [5.74, 6) is 1.86. The number of anilines is 1. The third kappa shape index (κ3) is 3.25. The number of aryl methyl sites for hydroxylation is 1. The molecular formula is C17H16N4O3S. The Balaban J connectivity index is 1.51. The molecule has 0 radical (unpaired) electrons. The summed E-state index contributed by atoms with van der Waals surface area (Å²) < 4.78 is 10.7. The zero-order chi connectivity index (χ0) is 17.4. The zero-order valence-electron chi connectivity index (χ0n) is 13.8. The van der Waals surface area contributed by atoms with Crippen LogP contribution in [0, 0.1) is 6.92 Å². The van der Waals surface area contributed by atoms with Gasteiger partial charge in [0.15, 0.2) is 0 Å². The lowest BCUT2D eigenvalue weighted by atomic mass is 10.2. The number of hydrogen-bond acceptors (Lipinski definition) is 7. The first-order chi connectivity index (χ1) is 12.1. The van der Waals surface area contributed by atoms with Gasteiger partial charge < -0.3 is 14.5 Å². The number of pyridine rings is 1. The summed E-state index contributed by atoms with van der Waals surface area (Å²) in [7, 11) is 1.53. The van der Waals surface area contributed by atoms with Crippen molar-refractivity contribution in [3.63, 3.8) is 0 Å². The second-order valence-electron chi connectivity index (χ2n) is 5.84. The largest absolute Gasteiger partial charge is 0.481 e. The second kappa shape index (κ2) is 6.29. The number of hydrogen-bond donors (Lipinski definition) is 1. The number of rotatable bonds is 5. The molecule has 0 aliphatic heterocycles. The van der Waals surface area contributed by atoms with Gasteiger partial charge in [0.2, 0.25) is 11.8 Å². The van der Waals surface area contributed by atoms with E-state index in [1.54, 1.807) is 12.1 Å². The summed E-state index contributed by atoms with van der Waals surface area (Å²) in [6, 6.07) is 5.18. The molecule has 1 N–H and O–H groups in total. The first-order valence-electron chi connectivity index (χ1n) is 7.89. The minimum atomic E-state index is -0.230. The number of amides is 1. The van der Waals surface area contributed by atoms with Gasteiger partial charge in [0.05, 0.1) is 23.2 Å². The lowest BCUT2D eigenvalue weighted by molar-refractivity contribution is 0.102. The maximum Gasteiger partial charge on any atom is 0.257 e. The van der Waals surface area contributed by atoms with Crippen LogP contribution in [0.4, 0.5) is 5.69 Å². The number of methoxy groups -OCH3 is 1. The van der Waals surface area contributed by atoms with E-state index in [0.717, 1.165) is 28.3 Å². The van der Waals surface area contributed by atoms with Gasteiger partial charge in [-0.15, -0.1) is 21.5 Å². The van der Waals surface area contributed by atoms with E-state index >= 15 is 0 Å². The molecule has 3 aromatic heterocycles. The van der Waals surface area contributed by atoms with Gasteiger partial charge in [0, 0.05) is 23.1 Å². The molecule has 0 atom stereocenters. The smallest absolute Gasteiger partial charge is 0.257 e. The molecule has 25 heavy (non-hydrogen) atoms. The van der Waals surface area contributed by atoms with Crippen LogP contribution in [0.3, 0.4) is 0 Å². The molecule has 0 saturated heterocycles. The first kappa shape index (κ1) is 15.8. The second-order valence-corrected chi connectivity index (χ2v) is 7.10. The first-order valence-corrected chi connectivity index (χ1v) is 8.71. The van der Waals surface area contributed by atoms with Crippen LogP contribution in [0.1, 0.15) is 39.9 Å². The minimum absolute atomic E-state index is 0.230. The minimum Gasteiger partial charge on any atom is -0.481 e. The van der Waals surface area contributed by atoms with Crippen LogP contribution >= 0.6 is 11.3 Å². The van der Waals surface area contributed by atoms with Crippen LogP contribution in [0.2, 0.25) is 0 Å². The molecule has 3 aromatic rings. The molecule has 4 rings (SSSR count). The number of nitrogens with one attached hydrogen (secondary N) is 1. The fourth-order valence-electron chi connectivity index (χ4n) is 2.37. The SMILES string of the molecule is COc1ccc(C(=O)Nc2cc(-c3nnc(C4CC4)o3)sc2C)cn1. The van der Waals surface area contributed by atoms with Crippen LogP contribution in [-0.2, 0) is 0 Å². The predicted octanol–water partition coefficient (Wildman–Crippen LogP) is 3.64. The standard InChI is InChI=1S/C17H16N4O3S/c1-9-12(19-15(22)11-5-6-14(23-2)18-8-11)7-13(25-9)17-21-20-16(24-17)10-3-4-10/h5-8,10H,3-4H2,1-2H3,(H,19,22). The Morgan fingerprint density at radius 1 is 1.36 bits per heavy atom. The van der Waals surface area contributed by atoms with Crippen molar-refractivity contribution in [2.45, 2.75) is 25.7 Å². The van der Waals surface area contributed by atoms with Crippen molar-refractivity contribution in [1.29, 1.82) is 0 Å². The summed E-state index contributed by atoms with van der Waals surface area (Å²) >= 11 is 1.51. The predicted molar refractivity (Wildman–Crippen MR) is 93.1 cm³/mol. The van der Waals surface area contributed by atoms with E-state index in [2.05, 4.69) is 20.5 Å². The number of aromatic nitrogens is 3.